The fourth-order valence-electron chi connectivity index (χ4n) is 1.38. The summed E-state index contributed by atoms with van der Waals surface area (Å²) in [7, 11) is 0. The van der Waals surface area contributed by atoms with E-state index in [9.17, 15) is 9.59 Å². The van der Waals surface area contributed by atoms with Crippen LogP contribution in [0.1, 0.15) is 11.6 Å². The summed E-state index contributed by atoms with van der Waals surface area (Å²) in [5.41, 5.74) is 5.39. The van der Waals surface area contributed by atoms with Crippen LogP contribution in [0, 0.1) is 0 Å². The molecule has 6 nitrogen and oxygen atoms in total. The Morgan fingerprint density at radius 3 is 2.61 bits per heavy atom. The Kier molecular flexibility index (Phi) is 5.06. The van der Waals surface area contributed by atoms with Gasteiger partial charge in [0.25, 0.3) is 0 Å². The second kappa shape index (κ2) is 6.32. The standard InChI is InChI=1S/C10H11Cl2N3O3/c11-6-3-1-2-5(8(6)12)7(15-10(17)18)4-14-9(13)16/h1-3,7,15H,4H2,(H,17,18)(H3,13,14,16). The molecule has 1 atom stereocenters. The summed E-state index contributed by atoms with van der Waals surface area (Å²) < 4.78 is 0. The predicted molar refractivity (Wildman–Crippen MR) is 67.9 cm³/mol. The lowest BCUT2D eigenvalue weighted by Crippen LogP contribution is -2.39. The molecule has 8 heteroatoms. The van der Waals surface area contributed by atoms with Gasteiger partial charge in [-0.25, -0.2) is 9.59 Å². The molecule has 0 saturated heterocycles. The van der Waals surface area contributed by atoms with Crippen molar-refractivity contribution in [3.63, 3.8) is 0 Å². The Balaban J connectivity index is 2.97. The number of carboxylic acid groups (broad SMARTS) is 1. The third-order valence-corrected chi connectivity index (χ3v) is 2.97. The average molecular weight is 292 g/mol. The van der Waals surface area contributed by atoms with E-state index in [0.717, 1.165) is 0 Å². The van der Waals surface area contributed by atoms with Gasteiger partial charge in [0.2, 0.25) is 0 Å². The van der Waals surface area contributed by atoms with Crippen molar-refractivity contribution in [3.8, 4) is 0 Å². The van der Waals surface area contributed by atoms with Crippen LogP contribution in [0.15, 0.2) is 18.2 Å². The topological polar surface area (TPSA) is 104 Å². The molecule has 0 fully saturated rings. The summed E-state index contributed by atoms with van der Waals surface area (Å²) in [6.45, 7) is -0.0261. The number of carbonyl (C=O) groups is 2. The van der Waals surface area contributed by atoms with Crippen molar-refractivity contribution in [2.24, 2.45) is 5.73 Å². The zero-order valence-corrected chi connectivity index (χ0v) is 10.6. The Hall–Kier alpha value is -1.66. The van der Waals surface area contributed by atoms with Crippen LogP contribution in [0.25, 0.3) is 0 Å². The highest BCUT2D eigenvalue weighted by Gasteiger charge is 2.18. The van der Waals surface area contributed by atoms with Crippen LogP contribution >= 0.6 is 23.2 Å². The van der Waals surface area contributed by atoms with E-state index in [1.807, 2.05) is 0 Å². The SMILES string of the molecule is NC(=O)NCC(NC(=O)O)c1cccc(Cl)c1Cl. The number of halogens is 2. The number of rotatable bonds is 4. The Bertz CT molecular complexity index is 468. The largest absolute Gasteiger partial charge is 0.465 e. The average Bonchev–Trinajstić information content (AvgIpc) is 2.27. The fourth-order valence-corrected chi connectivity index (χ4v) is 1.82. The Morgan fingerprint density at radius 2 is 2.06 bits per heavy atom. The van der Waals surface area contributed by atoms with E-state index < -0.39 is 18.2 Å². The number of urea groups is 1. The molecule has 18 heavy (non-hydrogen) atoms. The minimum Gasteiger partial charge on any atom is -0.465 e. The lowest BCUT2D eigenvalue weighted by atomic mass is 10.1. The number of nitrogens with two attached hydrogens (primary N) is 1. The number of hydrogen-bond donors (Lipinski definition) is 4. The van der Waals surface area contributed by atoms with Gasteiger partial charge in [-0.05, 0) is 11.6 Å². The summed E-state index contributed by atoms with van der Waals surface area (Å²) in [4.78, 5) is 21.3. The van der Waals surface area contributed by atoms with Gasteiger partial charge in [-0.3, -0.25) is 0 Å². The van der Waals surface area contributed by atoms with Crippen molar-refractivity contribution in [2.75, 3.05) is 6.54 Å². The summed E-state index contributed by atoms with van der Waals surface area (Å²) in [6, 6.07) is 3.32. The van der Waals surface area contributed by atoms with Crippen LogP contribution in [0.4, 0.5) is 9.59 Å². The number of carbonyl (C=O) groups excluding carboxylic acids is 1. The molecule has 0 heterocycles. The van der Waals surface area contributed by atoms with Crippen LogP contribution in [0.3, 0.4) is 0 Å². The Labute approximate surface area is 113 Å². The normalized spacial score (nSPS) is 11.7. The van der Waals surface area contributed by atoms with Gasteiger partial charge in [0.15, 0.2) is 0 Å². The first-order valence-corrected chi connectivity index (χ1v) is 5.64. The first-order valence-electron chi connectivity index (χ1n) is 4.88. The van der Waals surface area contributed by atoms with Crippen LogP contribution in [0.2, 0.25) is 10.0 Å². The first kappa shape index (κ1) is 14.4. The molecule has 0 spiro atoms. The molecular weight excluding hydrogens is 281 g/mol. The van der Waals surface area contributed by atoms with Gasteiger partial charge in [0, 0.05) is 6.54 Å². The van der Waals surface area contributed by atoms with Crippen molar-refractivity contribution in [2.45, 2.75) is 6.04 Å². The second-order valence-electron chi connectivity index (χ2n) is 3.39. The molecule has 0 saturated carbocycles. The molecule has 0 aromatic heterocycles. The van der Waals surface area contributed by atoms with Crippen LogP contribution in [0.5, 0.6) is 0 Å². The quantitative estimate of drug-likeness (QED) is 0.681. The molecule has 0 aliphatic carbocycles. The van der Waals surface area contributed by atoms with Crippen LogP contribution < -0.4 is 16.4 Å². The monoisotopic (exact) mass is 291 g/mol. The highest BCUT2D eigenvalue weighted by atomic mass is 35.5. The molecule has 5 N–H and O–H groups in total. The zero-order valence-electron chi connectivity index (χ0n) is 9.11. The van der Waals surface area contributed by atoms with E-state index in [1.165, 1.54) is 0 Å². The number of hydrogen-bond acceptors (Lipinski definition) is 2. The summed E-state index contributed by atoms with van der Waals surface area (Å²) in [5, 5.41) is 13.8. The molecule has 0 bridgehead atoms. The van der Waals surface area contributed by atoms with Gasteiger partial charge in [-0.2, -0.15) is 0 Å². The second-order valence-corrected chi connectivity index (χ2v) is 4.18. The third kappa shape index (κ3) is 3.97. The van der Waals surface area contributed by atoms with Crippen LogP contribution in [-0.4, -0.2) is 23.8 Å². The third-order valence-electron chi connectivity index (χ3n) is 2.14. The molecule has 0 radical (unpaired) electrons. The van der Waals surface area contributed by atoms with Crippen molar-refractivity contribution in [1.29, 1.82) is 0 Å². The molecule has 3 amide bonds. The Morgan fingerprint density at radius 1 is 1.39 bits per heavy atom. The lowest BCUT2D eigenvalue weighted by molar-refractivity contribution is 0.189. The van der Waals surface area contributed by atoms with E-state index in [-0.39, 0.29) is 11.6 Å². The van der Waals surface area contributed by atoms with Crippen LogP contribution in [-0.2, 0) is 0 Å². The minimum absolute atomic E-state index is 0.0261. The molecule has 1 unspecified atom stereocenters. The molecule has 98 valence electrons. The molecule has 0 aliphatic heterocycles. The molecule has 0 aliphatic rings. The maximum atomic E-state index is 10.7. The number of nitrogens with one attached hydrogen (secondary N) is 2. The predicted octanol–water partition coefficient (Wildman–Crippen LogP) is 1.97. The number of amides is 3. The maximum absolute atomic E-state index is 10.7. The zero-order chi connectivity index (χ0) is 13.7. The van der Waals surface area contributed by atoms with E-state index in [4.69, 9.17) is 34.0 Å². The molecule has 1 aromatic carbocycles. The first-order chi connectivity index (χ1) is 8.41. The van der Waals surface area contributed by atoms with Crippen molar-refractivity contribution in [3.05, 3.63) is 33.8 Å². The summed E-state index contributed by atoms with van der Waals surface area (Å²) in [6.07, 6.45) is -1.25. The van der Waals surface area contributed by atoms with E-state index >= 15 is 0 Å². The van der Waals surface area contributed by atoms with Gasteiger partial charge in [-0.1, -0.05) is 35.3 Å². The van der Waals surface area contributed by atoms with E-state index in [1.54, 1.807) is 18.2 Å². The minimum atomic E-state index is -1.25. The van der Waals surface area contributed by atoms with Crippen molar-refractivity contribution in [1.82, 2.24) is 10.6 Å². The maximum Gasteiger partial charge on any atom is 0.405 e. The van der Waals surface area contributed by atoms with E-state index in [0.29, 0.717) is 10.6 Å². The van der Waals surface area contributed by atoms with Crippen molar-refractivity contribution < 1.29 is 14.7 Å². The van der Waals surface area contributed by atoms with Gasteiger partial charge in [0.05, 0.1) is 16.1 Å². The number of benzene rings is 1. The molecular formula is C10H11Cl2N3O3. The lowest BCUT2D eigenvalue weighted by Gasteiger charge is -2.19. The molecule has 1 aromatic rings. The highest BCUT2D eigenvalue weighted by molar-refractivity contribution is 6.42. The highest BCUT2D eigenvalue weighted by Crippen LogP contribution is 2.29. The van der Waals surface area contributed by atoms with E-state index in [2.05, 4.69) is 10.6 Å². The van der Waals surface area contributed by atoms with Gasteiger partial charge < -0.3 is 21.5 Å². The number of primary amides is 1. The smallest absolute Gasteiger partial charge is 0.405 e. The van der Waals surface area contributed by atoms with Gasteiger partial charge >= 0.3 is 12.1 Å². The van der Waals surface area contributed by atoms with Crippen molar-refractivity contribution >= 4 is 35.3 Å². The van der Waals surface area contributed by atoms with Gasteiger partial charge in [-0.15, -0.1) is 0 Å². The molecule has 1 rings (SSSR count). The summed E-state index contributed by atoms with van der Waals surface area (Å²) >= 11 is 11.8. The van der Waals surface area contributed by atoms with Gasteiger partial charge in [0.1, 0.15) is 0 Å². The summed E-state index contributed by atoms with van der Waals surface area (Å²) in [5.74, 6) is 0. The fraction of sp³-hybridized carbons (Fsp3) is 0.200.